The molecule has 1 aliphatic heterocycles. The van der Waals surface area contributed by atoms with Crippen LogP contribution in [0.2, 0.25) is 0 Å². The van der Waals surface area contributed by atoms with E-state index in [4.69, 9.17) is 5.11 Å². The molecule has 0 bridgehead atoms. The van der Waals surface area contributed by atoms with Crippen LogP contribution in [0, 0.1) is 0 Å². The lowest BCUT2D eigenvalue weighted by molar-refractivity contribution is -0.122. The van der Waals surface area contributed by atoms with Gasteiger partial charge >= 0.3 is 0 Å². The van der Waals surface area contributed by atoms with Gasteiger partial charge in [0.2, 0.25) is 0 Å². The van der Waals surface area contributed by atoms with Gasteiger partial charge in [-0.1, -0.05) is 0 Å². The molecule has 58 valence electrons. The number of aliphatic hydroxyl groups is 1. The molecule has 0 amide bonds. The summed E-state index contributed by atoms with van der Waals surface area (Å²) in [5.74, 6) is 0.305. The van der Waals surface area contributed by atoms with Crippen LogP contribution in [0.4, 0.5) is 0 Å². The van der Waals surface area contributed by atoms with Crippen molar-refractivity contribution in [3.8, 4) is 0 Å². The van der Waals surface area contributed by atoms with Crippen LogP contribution >= 0.6 is 0 Å². The first-order valence-corrected chi connectivity index (χ1v) is 3.68. The molecule has 0 aromatic carbocycles. The lowest BCUT2D eigenvalue weighted by Crippen LogP contribution is -2.37. The highest BCUT2D eigenvalue weighted by Gasteiger charge is 2.14. The fraction of sp³-hybridized carbons (Fsp3) is 0.857. The van der Waals surface area contributed by atoms with Crippen LogP contribution in [0.25, 0.3) is 0 Å². The van der Waals surface area contributed by atoms with Gasteiger partial charge in [-0.25, -0.2) is 0 Å². The summed E-state index contributed by atoms with van der Waals surface area (Å²) < 4.78 is 0. The highest BCUT2D eigenvalue weighted by molar-refractivity contribution is 5.81. The summed E-state index contributed by atoms with van der Waals surface area (Å²) in [7, 11) is 0. The number of ketones is 1. The van der Waals surface area contributed by atoms with Crippen molar-refractivity contribution in [1.29, 1.82) is 0 Å². The number of rotatable bonds is 2. The minimum atomic E-state index is 0.160. The normalized spacial score (nSPS) is 21.5. The third-order valence-electron chi connectivity index (χ3n) is 1.75. The third-order valence-corrected chi connectivity index (χ3v) is 1.75. The Balaban J connectivity index is 2.25. The number of β-amino-alcohol motifs (C(OH)–C–C–N with tert-alkyl or cyclic N) is 1. The molecule has 0 aliphatic carbocycles. The molecule has 1 heterocycles. The maximum Gasteiger partial charge on any atom is 0.146 e. The molecule has 3 heteroatoms. The van der Waals surface area contributed by atoms with Crippen LogP contribution in [0.1, 0.15) is 12.8 Å². The summed E-state index contributed by atoms with van der Waals surface area (Å²) in [5, 5.41) is 8.55. The Hall–Kier alpha value is -0.410. The van der Waals surface area contributed by atoms with E-state index in [9.17, 15) is 4.79 Å². The van der Waals surface area contributed by atoms with Gasteiger partial charge in [-0.3, -0.25) is 9.69 Å². The molecular formula is C7H13NO2. The average molecular weight is 143 g/mol. The molecule has 1 aliphatic rings. The highest BCUT2D eigenvalue weighted by atomic mass is 16.3. The zero-order valence-electron chi connectivity index (χ0n) is 6.05. The lowest BCUT2D eigenvalue weighted by atomic mass is 10.1. The van der Waals surface area contributed by atoms with Crippen molar-refractivity contribution in [3.05, 3.63) is 0 Å². The molecule has 1 saturated heterocycles. The van der Waals surface area contributed by atoms with Gasteiger partial charge in [0.1, 0.15) is 5.78 Å². The van der Waals surface area contributed by atoms with E-state index in [2.05, 4.69) is 0 Å². The van der Waals surface area contributed by atoms with E-state index in [0.717, 1.165) is 19.4 Å². The molecule has 0 radical (unpaired) electrons. The van der Waals surface area contributed by atoms with Gasteiger partial charge < -0.3 is 5.11 Å². The molecule has 0 atom stereocenters. The second-order valence-electron chi connectivity index (χ2n) is 2.64. The molecule has 0 aromatic rings. The van der Waals surface area contributed by atoms with Gasteiger partial charge in [0, 0.05) is 13.0 Å². The molecule has 0 aromatic heterocycles. The summed E-state index contributed by atoms with van der Waals surface area (Å²) in [6, 6.07) is 0. The van der Waals surface area contributed by atoms with E-state index >= 15 is 0 Å². The van der Waals surface area contributed by atoms with E-state index in [1.807, 2.05) is 4.90 Å². The van der Waals surface area contributed by atoms with Crippen LogP contribution in [-0.2, 0) is 4.79 Å². The molecule has 0 spiro atoms. The number of likely N-dealkylation sites (tertiary alicyclic amines) is 1. The van der Waals surface area contributed by atoms with Crippen molar-refractivity contribution in [1.82, 2.24) is 4.90 Å². The standard InChI is InChI=1S/C7H13NO2/c9-5-4-8-3-1-2-7(10)6-8/h9H,1-6H2. The molecule has 0 unspecified atom stereocenters. The Morgan fingerprint density at radius 2 is 2.40 bits per heavy atom. The molecule has 0 saturated carbocycles. The maximum atomic E-state index is 10.8. The number of hydrogen-bond donors (Lipinski definition) is 1. The first kappa shape index (κ1) is 7.69. The third kappa shape index (κ3) is 2.08. The summed E-state index contributed by atoms with van der Waals surface area (Å²) in [4.78, 5) is 12.8. The second kappa shape index (κ2) is 3.68. The number of piperidine rings is 1. The fourth-order valence-corrected chi connectivity index (χ4v) is 1.24. The van der Waals surface area contributed by atoms with Crippen LogP contribution in [0.5, 0.6) is 0 Å². The Kier molecular flexibility index (Phi) is 2.83. The number of Topliss-reactive ketones (excluding diaryl/α,β-unsaturated/α-hetero) is 1. The van der Waals surface area contributed by atoms with Crippen LogP contribution < -0.4 is 0 Å². The fourth-order valence-electron chi connectivity index (χ4n) is 1.24. The van der Waals surface area contributed by atoms with Crippen LogP contribution in [-0.4, -0.2) is 42.0 Å². The van der Waals surface area contributed by atoms with Gasteiger partial charge in [-0.15, -0.1) is 0 Å². The van der Waals surface area contributed by atoms with Gasteiger partial charge in [-0.2, -0.15) is 0 Å². The van der Waals surface area contributed by atoms with Gasteiger partial charge in [0.15, 0.2) is 0 Å². The quantitative estimate of drug-likeness (QED) is 0.574. The maximum absolute atomic E-state index is 10.8. The Bertz CT molecular complexity index is 123. The second-order valence-corrected chi connectivity index (χ2v) is 2.64. The van der Waals surface area contributed by atoms with Crippen molar-refractivity contribution in [2.45, 2.75) is 12.8 Å². The smallest absolute Gasteiger partial charge is 0.146 e. The van der Waals surface area contributed by atoms with Crippen LogP contribution in [0.3, 0.4) is 0 Å². The van der Waals surface area contributed by atoms with E-state index < -0.39 is 0 Å². The van der Waals surface area contributed by atoms with Crippen molar-refractivity contribution in [3.63, 3.8) is 0 Å². The Morgan fingerprint density at radius 3 is 3.00 bits per heavy atom. The van der Waals surface area contributed by atoms with Crippen molar-refractivity contribution < 1.29 is 9.90 Å². The first-order valence-electron chi connectivity index (χ1n) is 3.68. The van der Waals surface area contributed by atoms with Gasteiger partial charge in [0.05, 0.1) is 13.2 Å². The number of carbonyl (C=O) groups excluding carboxylic acids is 1. The van der Waals surface area contributed by atoms with E-state index in [-0.39, 0.29) is 6.61 Å². The Morgan fingerprint density at radius 1 is 1.60 bits per heavy atom. The molecule has 1 fully saturated rings. The lowest BCUT2D eigenvalue weighted by Gasteiger charge is -2.24. The molecular weight excluding hydrogens is 130 g/mol. The molecule has 1 rings (SSSR count). The molecule has 10 heavy (non-hydrogen) atoms. The molecule has 3 nitrogen and oxygen atoms in total. The highest BCUT2D eigenvalue weighted by Crippen LogP contribution is 2.03. The summed E-state index contributed by atoms with van der Waals surface area (Å²) >= 11 is 0. The van der Waals surface area contributed by atoms with Crippen molar-refractivity contribution in [2.24, 2.45) is 0 Å². The topological polar surface area (TPSA) is 40.5 Å². The Labute approximate surface area is 60.6 Å². The molecule has 1 N–H and O–H groups in total. The minimum Gasteiger partial charge on any atom is -0.395 e. The minimum absolute atomic E-state index is 0.160. The van der Waals surface area contributed by atoms with E-state index in [1.54, 1.807) is 0 Å². The van der Waals surface area contributed by atoms with Gasteiger partial charge in [0.25, 0.3) is 0 Å². The number of carbonyl (C=O) groups is 1. The van der Waals surface area contributed by atoms with Gasteiger partial charge in [-0.05, 0) is 13.0 Å². The number of aliphatic hydroxyl groups excluding tert-OH is 1. The predicted octanol–water partition coefficient (Wildman–Crippen LogP) is -0.356. The zero-order chi connectivity index (χ0) is 7.40. The average Bonchev–Trinajstić information content (AvgIpc) is 1.88. The monoisotopic (exact) mass is 143 g/mol. The number of hydrogen-bond acceptors (Lipinski definition) is 3. The van der Waals surface area contributed by atoms with Crippen LogP contribution in [0.15, 0.2) is 0 Å². The van der Waals surface area contributed by atoms with E-state index in [0.29, 0.717) is 18.9 Å². The summed E-state index contributed by atoms with van der Waals surface area (Å²) in [6.07, 6.45) is 1.68. The summed E-state index contributed by atoms with van der Waals surface area (Å²) in [6.45, 7) is 2.31. The SMILES string of the molecule is O=C1CCCN(CCO)C1. The first-order chi connectivity index (χ1) is 4.83. The number of nitrogens with zero attached hydrogens (tertiary/aromatic N) is 1. The predicted molar refractivity (Wildman–Crippen MR) is 37.8 cm³/mol. The summed E-state index contributed by atoms with van der Waals surface area (Å²) in [5.41, 5.74) is 0. The van der Waals surface area contributed by atoms with Crippen molar-refractivity contribution >= 4 is 5.78 Å². The van der Waals surface area contributed by atoms with E-state index in [1.165, 1.54) is 0 Å². The zero-order valence-corrected chi connectivity index (χ0v) is 6.05. The van der Waals surface area contributed by atoms with Crippen molar-refractivity contribution in [2.75, 3.05) is 26.2 Å². The largest absolute Gasteiger partial charge is 0.395 e.